The monoisotopic (exact) mass is 235 g/mol. The second-order valence-electron chi connectivity index (χ2n) is 6.06. The number of rotatable bonds is 2. The van der Waals surface area contributed by atoms with E-state index < -0.39 is 0 Å². The summed E-state index contributed by atoms with van der Waals surface area (Å²) in [4.78, 5) is 0. The van der Waals surface area contributed by atoms with Crippen LogP contribution in [0.4, 0.5) is 4.39 Å². The molecule has 2 unspecified atom stereocenters. The van der Waals surface area contributed by atoms with Gasteiger partial charge in [0.25, 0.3) is 0 Å². The van der Waals surface area contributed by atoms with Crippen molar-refractivity contribution in [3.8, 4) is 0 Å². The fourth-order valence-corrected chi connectivity index (χ4v) is 3.05. The van der Waals surface area contributed by atoms with Gasteiger partial charge in [-0.05, 0) is 60.8 Å². The molecule has 1 fully saturated rings. The molecule has 1 aliphatic carbocycles. The first-order valence-corrected chi connectivity index (χ1v) is 6.47. The normalized spacial score (nSPS) is 28.0. The van der Waals surface area contributed by atoms with E-state index >= 15 is 0 Å². The van der Waals surface area contributed by atoms with E-state index in [1.165, 1.54) is 12.5 Å². The third kappa shape index (κ3) is 2.86. The Balaban J connectivity index is 2.26. The minimum atomic E-state index is -0.137. The lowest BCUT2D eigenvalue weighted by Gasteiger charge is -2.40. The van der Waals surface area contributed by atoms with Crippen molar-refractivity contribution in [1.29, 1.82) is 0 Å². The summed E-state index contributed by atoms with van der Waals surface area (Å²) >= 11 is 0. The van der Waals surface area contributed by atoms with Gasteiger partial charge in [0, 0.05) is 0 Å². The molecule has 94 valence electrons. The van der Waals surface area contributed by atoms with Crippen LogP contribution in [0.25, 0.3) is 0 Å². The minimum Gasteiger partial charge on any atom is -0.330 e. The van der Waals surface area contributed by atoms with Crippen molar-refractivity contribution >= 4 is 0 Å². The van der Waals surface area contributed by atoms with Gasteiger partial charge in [-0.3, -0.25) is 0 Å². The van der Waals surface area contributed by atoms with E-state index in [9.17, 15) is 4.39 Å². The van der Waals surface area contributed by atoms with Crippen molar-refractivity contribution in [2.24, 2.45) is 17.1 Å². The second kappa shape index (κ2) is 4.77. The number of halogens is 1. The number of hydrogen-bond acceptors (Lipinski definition) is 1. The quantitative estimate of drug-likeness (QED) is 0.831. The highest BCUT2D eigenvalue weighted by Gasteiger charge is 2.34. The van der Waals surface area contributed by atoms with Gasteiger partial charge in [0.2, 0.25) is 0 Å². The summed E-state index contributed by atoms with van der Waals surface area (Å²) in [6.07, 6.45) is 3.49. The van der Waals surface area contributed by atoms with Gasteiger partial charge in [0.1, 0.15) is 5.82 Å². The third-order valence-electron chi connectivity index (χ3n) is 4.11. The molecule has 1 nitrogen and oxygen atoms in total. The van der Waals surface area contributed by atoms with Crippen molar-refractivity contribution < 1.29 is 4.39 Å². The first-order chi connectivity index (χ1) is 8.02. The van der Waals surface area contributed by atoms with Crippen LogP contribution in [0.2, 0.25) is 0 Å². The van der Waals surface area contributed by atoms with Gasteiger partial charge >= 0.3 is 0 Å². The van der Waals surface area contributed by atoms with Crippen LogP contribution in [0.1, 0.15) is 44.6 Å². The fraction of sp³-hybridized carbons (Fsp3) is 0.600. The summed E-state index contributed by atoms with van der Waals surface area (Å²) in [6.45, 7) is 5.30. The largest absolute Gasteiger partial charge is 0.330 e. The smallest absolute Gasteiger partial charge is 0.123 e. The van der Waals surface area contributed by atoms with Gasteiger partial charge in [-0.2, -0.15) is 0 Å². The Labute approximate surface area is 103 Å². The van der Waals surface area contributed by atoms with Gasteiger partial charge < -0.3 is 5.73 Å². The van der Waals surface area contributed by atoms with Gasteiger partial charge in [-0.1, -0.05) is 26.0 Å². The van der Waals surface area contributed by atoms with Crippen LogP contribution in [0.5, 0.6) is 0 Å². The predicted octanol–water partition coefficient (Wildman–Crippen LogP) is 3.69. The second-order valence-corrected chi connectivity index (χ2v) is 6.06. The lowest BCUT2D eigenvalue weighted by Crippen LogP contribution is -2.32. The van der Waals surface area contributed by atoms with E-state index in [-0.39, 0.29) is 5.82 Å². The van der Waals surface area contributed by atoms with E-state index in [1.807, 2.05) is 6.07 Å². The Hall–Kier alpha value is -0.890. The molecule has 2 N–H and O–H groups in total. The van der Waals surface area contributed by atoms with E-state index in [0.29, 0.717) is 23.8 Å². The molecule has 0 aliphatic heterocycles. The van der Waals surface area contributed by atoms with Crippen LogP contribution >= 0.6 is 0 Å². The van der Waals surface area contributed by atoms with Gasteiger partial charge in [0.15, 0.2) is 0 Å². The number of nitrogens with two attached hydrogens (primary N) is 1. The fourth-order valence-electron chi connectivity index (χ4n) is 3.05. The van der Waals surface area contributed by atoms with Crippen LogP contribution in [0, 0.1) is 17.2 Å². The van der Waals surface area contributed by atoms with E-state index in [1.54, 1.807) is 12.1 Å². The Kier molecular flexibility index (Phi) is 3.53. The molecule has 17 heavy (non-hydrogen) atoms. The maximum Gasteiger partial charge on any atom is 0.123 e. The minimum absolute atomic E-state index is 0.137. The molecule has 2 atom stereocenters. The Morgan fingerprint density at radius 2 is 2.18 bits per heavy atom. The average molecular weight is 235 g/mol. The zero-order chi connectivity index (χ0) is 12.5. The molecule has 2 rings (SSSR count). The number of benzene rings is 1. The SMILES string of the molecule is CC1(C)CCC(CN)C(c2cccc(F)c2)C1. The van der Waals surface area contributed by atoms with Gasteiger partial charge in [0.05, 0.1) is 0 Å². The van der Waals surface area contributed by atoms with Crippen molar-refractivity contribution in [3.63, 3.8) is 0 Å². The Morgan fingerprint density at radius 1 is 1.41 bits per heavy atom. The molecular weight excluding hydrogens is 213 g/mol. The number of hydrogen-bond donors (Lipinski definition) is 1. The van der Waals surface area contributed by atoms with Crippen molar-refractivity contribution in [2.45, 2.75) is 39.0 Å². The lowest BCUT2D eigenvalue weighted by atomic mass is 9.65. The molecule has 1 aliphatic rings. The van der Waals surface area contributed by atoms with Gasteiger partial charge in [-0.25, -0.2) is 4.39 Å². The van der Waals surface area contributed by atoms with Crippen LogP contribution < -0.4 is 5.73 Å². The highest BCUT2D eigenvalue weighted by molar-refractivity contribution is 5.22. The maximum atomic E-state index is 13.3. The van der Waals surface area contributed by atoms with E-state index in [2.05, 4.69) is 13.8 Å². The summed E-state index contributed by atoms with van der Waals surface area (Å²) in [5, 5.41) is 0. The summed E-state index contributed by atoms with van der Waals surface area (Å²) in [5.74, 6) is 0.783. The molecule has 0 bridgehead atoms. The average Bonchev–Trinajstić information content (AvgIpc) is 2.28. The topological polar surface area (TPSA) is 26.0 Å². The summed E-state index contributed by atoms with van der Waals surface area (Å²) in [5.41, 5.74) is 7.33. The lowest BCUT2D eigenvalue weighted by molar-refractivity contribution is 0.165. The van der Waals surface area contributed by atoms with Crippen molar-refractivity contribution in [2.75, 3.05) is 6.54 Å². The molecule has 0 spiro atoms. The third-order valence-corrected chi connectivity index (χ3v) is 4.11. The molecular formula is C15H22FN. The molecule has 0 amide bonds. The summed E-state index contributed by atoms with van der Waals surface area (Å²) in [6, 6.07) is 7.03. The standard InChI is InChI=1S/C15H22FN/c1-15(2)7-6-12(10-17)14(9-15)11-4-3-5-13(16)8-11/h3-5,8,12,14H,6-7,9-10,17H2,1-2H3. The molecule has 0 radical (unpaired) electrons. The van der Waals surface area contributed by atoms with Crippen LogP contribution in [0.3, 0.4) is 0 Å². The molecule has 0 saturated heterocycles. The maximum absolute atomic E-state index is 13.3. The van der Waals surface area contributed by atoms with Crippen LogP contribution in [-0.4, -0.2) is 6.54 Å². The molecule has 1 saturated carbocycles. The molecule has 2 heteroatoms. The molecule has 1 aromatic carbocycles. The predicted molar refractivity (Wildman–Crippen MR) is 69.3 cm³/mol. The Bertz CT molecular complexity index is 386. The first-order valence-electron chi connectivity index (χ1n) is 6.47. The van der Waals surface area contributed by atoms with Crippen molar-refractivity contribution in [1.82, 2.24) is 0 Å². The Morgan fingerprint density at radius 3 is 2.82 bits per heavy atom. The van der Waals surface area contributed by atoms with Crippen LogP contribution in [0.15, 0.2) is 24.3 Å². The van der Waals surface area contributed by atoms with Crippen molar-refractivity contribution in [3.05, 3.63) is 35.6 Å². The zero-order valence-corrected chi connectivity index (χ0v) is 10.7. The summed E-state index contributed by atoms with van der Waals surface area (Å²) < 4.78 is 13.3. The molecule has 0 aromatic heterocycles. The van der Waals surface area contributed by atoms with Crippen LogP contribution in [-0.2, 0) is 0 Å². The highest BCUT2D eigenvalue weighted by Crippen LogP contribution is 2.46. The highest BCUT2D eigenvalue weighted by atomic mass is 19.1. The van der Waals surface area contributed by atoms with E-state index in [0.717, 1.165) is 18.4 Å². The van der Waals surface area contributed by atoms with E-state index in [4.69, 9.17) is 5.73 Å². The molecule has 1 aromatic rings. The zero-order valence-electron chi connectivity index (χ0n) is 10.7. The molecule has 0 heterocycles. The summed E-state index contributed by atoms with van der Waals surface area (Å²) in [7, 11) is 0. The first kappa shape index (κ1) is 12.6. The van der Waals surface area contributed by atoms with Gasteiger partial charge in [-0.15, -0.1) is 0 Å².